The van der Waals surface area contributed by atoms with Crippen LogP contribution in [-0.2, 0) is 16.1 Å². The summed E-state index contributed by atoms with van der Waals surface area (Å²) in [6, 6.07) is 13.9. The molecule has 1 aliphatic rings. The Bertz CT molecular complexity index is 1540. The minimum absolute atomic E-state index is 0.200. The number of fused-ring (bicyclic) bond motifs is 1. The topological polar surface area (TPSA) is 180 Å². The van der Waals surface area contributed by atoms with Crippen molar-refractivity contribution in [2.24, 2.45) is 5.11 Å². The Morgan fingerprint density at radius 1 is 1.28 bits per heavy atom. The van der Waals surface area contributed by atoms with Gasteiger partial charge in [-0.25, -0.2) is 19.7 Å². The van der Waals surface area contributed by atoms with Crippen LogP contribution >= 0.6 is 11.6 Å². The molecule has 0 radical (unpaired) electrons. The highest BCUT2D eigenvalue weighted by Gasteiger charge is 2.48. The van der Waals surface area contributed by atoms with E-state index in [2.05, 4.69) is 30.3 Å². The van der Waals surface area contributed by atoms with Gasteiger partial charge in [0.15, 0.2) is 29.3 Å². The van der Waals surface area contributed by atoms with E-state index in [1.165, 1.54) is 17.2 Å². The number of nitrogens with one attached hydrogen (secondary N) is 1. The summed E-state index contributed by atoms with van der Waals surface area (Å²) in [7, 11) is 0. The summed E-state index contributed by atoms with van der Waals surface area (Å²) in [6.45, 7) is 2.25. The van der Waals surface area contributed by atoms with Gasteiger partial charge in [-0.3, -0.25) is 4.57 Å². The molecule has 1 unspecified atom stereocenters. The van der Waals surface area contributed by atoms with Crippen LogP contribution in [0.25, 0.3) is 21.6 Å². The molecule has 0 bridgehead atoms. The van der Waals surface area contributed by atoms with Crippen molar-refractivity contribution in [3.8, 4) is 5.75 Å². The third-order valence-electron chi connectivity index (χ3n) is 6.34. The van der Waals surface area contributed by atoms with Crippen LogP contribution in [0, 0.1) is 0 Å². The standard InChI is InChI=1S/C25H23ClN8O5/c1-13(14-5-3-2-4-6-14)38-17-8-7-16(26)9-15(17)10-28-22-19-23(30-11-29-22)34(12-31-19)24-20(35)18(32-33-27)21(39-24)25(36)37/h2-9,11-13,18,20-21,24,35H,10H2,1H3,(H,36,37)(H,28,29,30)/t13?,18-,20+,21-,24+/m0/s1. The van der Waals surface area contributed by atoms with Gasteiger partial charge in [0.05, 0.1) is 6.33 Å². The highest BCUT2D eigenvalue weighted by molar-refractivity contribution is 6.30. The van der Waals surface area contributed by atoms with E-state index in [4.69, 9.17) is 26.6 Å². The van der Waals surface area contributed by atoms with E-state index >= 15 is 0 Å². The van der Waals surface area contributed by atoms with Crippen molar-refractivity contribution in [3.05, 3.63) is 87.8 Å². The Hall–Kier alpha value is -4.42. The molecule has 0 aliphatic carbocycles. The predicted molar refractivity (Wildman–Crippen MR) is 140 cm³/mol. The highest BCUT2D eigenvalue weighted by Crippen LogP contribution is 2.34. The second-order valence-corrected chi connectivity index (χ2v) is 9.23. The Balaban J connectivity index is 1.38. The summed E-state index contributed by atoms with van der Waals surface area (Å²) in [5, 5.41) is 27.3. The molecule has 2 aromatic heterocycles. The van der Waals surface area contributed by atoms with Crippen LogP contribution in [-0.4, -0.2) is 54.0 Å². The number of imidazole rings is 1. The van der Waals surface area contributed by atoms with Gasteiger partial charge < -0.3 is 25.0 Å². The molecular formula is C25H23ClN8O5. The van der Waals surface area contributed by atoms with Crippen molar-refractivity contribution < 1.29 is 24.5 Å². The van der Waals surface area contributed by atoms with Crippen molar-refractivity contribution in [3.63, 3.8) is 0 Å². The van der Waals surface area contributed by atoms with Crippen molar-refractivity contribution >= 4 is 34.6 Å². The van der Waals surface area contributed by atoms with E-state index in [0.717, 1.165) is 11.1 Å². The maximum atomic E-state index is 11.6. The average Bonchev–Trinajstić information content (AvgIpc) is 3.51. The number of aromatic nitrogens is 4. The monoisotopic (exact) mass is 550 g/mol. The number of hydrogen-bond donors (Lipinski definition) is 3. The van der Waals surface area contributed by atoms with Crippen LogP contribution in [0.15, 0.2) is 66.3 Å². The van der Waals surface area contributed by atoms with E-state index in [9.17, 15) is 15.0 Å². The lowest BCUT2D eigenvalue weighted by Gasteiger charge is -2.19. The van der Waals surface area contributed by atoms with Gasteiger partial charge in [-0.2, -0.15) is 0 Å². The molecule has 0 saturated carbocycles. The fourth-order valence-corrected chi connectivity index (χ4v) is 4.61. The number of nitrogens with zero attached hydrogens (tertiary/aromatic N) is 7. The zero-order valence-corrected chi connectivity index (χ0v) is 21.3. The molecule has 1 fully saturated rings. The minimum atomic E-state index is -1.53. The number of aliphatic carboxylic acids is 1. The molecule has 39 heavy (non-hydrogen) atoms. The number of aliphatic hydroxyl groups is 1. The first kappa shape index (κ1) is 26.2. The average molecular weight is 551 g/mol. The Labute approximate surface area is 226 Å². The molecule has 1 saturated heterocycles. The lowest BCUT2D eigenvalue weighted by Crippen LogP contribution is -2.34. The van der Waals surface area contributed by atoms with E-state index in [0.29, 0.717) is 28.7 Å². The number of hydrogen-bond acceptors (Lipinski definition) is 9. The van der Waals surface area contributed by atoms with Gasteiger partial charge in [-0.15, -0.1) is 0 Å². The molecule has 1 aliphatic heterocycles. The number of carboxylic acid groups (broad SMARTS) is 1. The number of benzene rings is 2. The Morgan fingerprint density at radius 2 is 2.08 bits per heavy atom. The lowest BCUT2D eigenvalue weighted by molar-refractivity contribution is -0.152. The molecule has 200 valence electrons. The molecule has 14 heteroatoms. The quantitative estimate of drug-likeness (QED) is 0.156. The SMILES string of the molecule is CC(Oc1ccc(Cl)cc1CNc1ncnc2c1ncn2[C@@H]1O[C@H](C(=O)O)[C@@H](N=[N+]=[N-])[C@H]1O)c1ccccc1. The number of azide groups is 1. The fraction of sp³-hybridized carbons (Fsp3) is 0.280. The summed E-state index contributed by atoms with van der Waals surface area (Å²) >= 11 is 6.27. The second-order valence-electron chi connectivity index (χ2n) is 8.79. The van der Waals surface area contributed by atoms with E-state index in [1.54, 1.807) is 18.2 Å². The van der Waals surface area contributed by atoms with Crippen LogP contribution < -0.4 is 10.1 Å². The summed E-state index contributed by atoms with van der Waals surface area (Å²) in [6.07, 6.45) is -1.71. The number of carbonyl (C=O) groups is 1. The molecule has 5 atom stereocenters. The first-order chi connectivity index (χ1) is 18.9. The number of anilines is 1. The summed E-state index contributed by atoms with van der Waals surface area (Å²) in [5.41, 5.74) is 11.2. The molecule has 13 nitrogen and oxygen atoms in total. The number of halogens is 1. The molecule has 0 amide bonds. The van der Waals surface area contributed by atoms with Gasteiger partial charge in [-0.1, -0.05) is 47.0 Å². The van der Waals surface area contributed by atoms with Crippen molar-refractivity contribution in [1.82, 2.24) is 19.5 Å². The maximum absolute atomic E-state index is 11.6. The number of ether oxygens (including phenoxy) is 2. The Kier molecular flexibility index (Phi) is 7.48. The van der Waals surface area contributed by atoms with Crippen LogP contribution in [0.2, 0.25) is 5.02 Å². The number of aliphatic hydroxyl groups excluding tert-OH is 1. The van der Waals surface area contributed by atoms with Crippen LogP contribution in [0.3, 0.4) is 0 Å². The Morgan fingerprint density at radius 3 is 2.82 bits per heavy atom. The molecule has 0 spiro atoms. The molecule has 3 heterocycles. The molecule has 3 N–H and O–H groups in total. The van der Waals surface area contributed by atoms with E-state index < -0.39 is 30.4 Å². The van der Waals surface area contributed by atoms with Gasteiger partial charge in [0.2, 0.25) is 0 Å². The molecular weight excluding hydrogens is 528 g/mol. The second kappa shape index (κ2) is 11.1. The largest absolute Gasteiger partial charge is 0.486 e. The molecule has 4 aromatic rings. The van der Waals surface area contributed by atoms with Gasteiger partial charge in [0.1, 0.15) is 30.3 Å². The normalized spacial score (nSPS) is 21.3. The molecule has 5 rings (SSSR count). The first-order valence-electron chi connectivity index (χ1n) is 11.9. The van der Waals surface area contributed by atoms with Crippen molar-refractivity contribution in [2.45, 2.75) is 44.1 Å². The van der Waals surface area contributed by atoms with Gasteiger partial charge in [0.25, 0.3) is 0 Å². The minimum Gasteiger partial charge on any atom is -0.486 e. The van der Waals surface area contributed by atoms with Gasteiger partial charge >= 0.3 is 5.97 Å². The summed E-state index contributed by atoms with van der Waals surface area (Å²) < 4.78 is 13.1. The smallest absolute Gasteiger partial charge is 0.333 e. The fourth-order valence-electron chi connectivity index (χ4n) is 4.41. The van der Waals surface area contributed by atoms with E-state index in [1.807, 2.05) is 37.3 Å². The zero-order chi connectivity index (χ0) is 27.5. The van der Waals surface area contributed by atoms with Crippen molar-refractivity contribution in [1.29, 1.82) is 0 Å². The molecule has 2 aromatic carbocycles. The van der Waals surface area contributed by atoms with E-state index in [-0.39, 0.29) is 11.8 Å². The predicted octanol–water partition coefficient (Wildman–Crippen LogP) is 4.25. The van der Waals surface area contributed by atoms with Crippen LogP contribution in [0.4, 0.5) is 5.82 Å². The highest BCUT2D eigenvalue weighted by atomic mass is 35.5. The van der Waals surface area contributed by atoms with Crippen LogP contribution in [0.1, 0.15) is 30.4 Å². The zero-order valence-electron chi connectivity index (χ0n) is 20.5. The van der Waals surface area contributed by atoms with Crippen LogP contribution in [0.5, 0.6) is 5.75 Å². The third-order valence-corrected chi connectivity index (χ3v) is 6.58. The summed E-state index contributed by atoms with van der Waals surface area (Å²) in [4.78, 5) is 27.1. The van der Waals surface area contributed by atoms with Gasteiger partial charge in [0, 0.05) is 22.0 Å². The van der Waals surface area contributed by atoms with Gasteiger partial charge in [-0.05, 0) is 36.2 Å². The first-order valence-corrected chi connectivity index (χ1v) is 12.3. The number of rotatable bonds is 9. The van der Waals surface area contributed by atoms with Crippen molar-refractivity contribution in [2.75, 3.05) is 5.32 Å². The maximum Gasteiger partial charge on any atom is 0.333 e. The third kappa shape index (κ3) is 5.29. The summed E-state index contributed by atoms with van der Waals surface area (Å²) in [5.74, 6) is -0.337. The number of carboxylic acids is 1. The lowest BCUT2D eigenvalue weighted by atomic mass is 10.1.